The molecule has 0 fully saturated rings. The summed E-state index contributed by atoms with van der Waals surface area (Å²) < 4.78 is 13.6. The van der Waals surface area contributed by atoms with E-state index in [0.29, 0.717) is 22.3 Å². The van der Waals surface area contributed by atoms with Crippen LogP contribution in [0.25, 0.3) is 0 Å². The smallest absolute Gasteiger partial charge is 0.177 e. The average molecular weight is 289 g/mol. The maximum Gasteiger partial charge on any atom is 0.177 e. The van der Waals surface area contributed by atoms with Gasteiger partial charge in [-0.25, -0.2) is 4.39 Å². The first-order chi connectivity index (χ1) is 9.75. The minimum Gasteiger partial charge on any atom is -0.281 e. The lowest BCUT2D eigenvalue weighted by atomic mass is 10.2. The monoisotopic (exact) mass is 288 g/mol. The van der Waals surface area contributed by atoms with Crippen molar-refractivity contribution in [2.45, 2.75) is 0 Å². The highest BCUT2D eigenvalue weighted by Gasteiger charge is 2.15. The van der Waals surface area contributed by atoms with Gasteiger partial charge in [0, 0.05) is 5.56 Å². The van der Waals surface area contributed by atoms with Crippen LogP contribution in [0.3, 0.4) is 0 Å². The van der Waals surface area contributed by atoms with Gasteiger partial charge >= 0.3 is 0 Å². The molecule has 0 aromatic heterocycles. The fourth-order valence-corrected chi connectivity index (χ4v) is 2.04. The molecule has 0 amide bonds. The normalized spacial score (nSPS) is 13.9. The fourth-order valence-electron chi connectivity index (χ4n) is 1.82. The Morgan fingerprint density at radius 1 is 0.800 bits per heavy atom. The van der Waals surface area contributed by atoms with Crippen molar-refractivity contribution in [3.8, 4) is 0 Å². The number of benzene rings is 2. The van der Waals surface area contributed by atoms with Crippen LogP contribution in [0.5, 0.6) is 0 Å². The van der Waals surface area contributed by atoms with Crippen LogP contribution in [0.2, 0.25) is 5.02 Å². The molecule has 0 unspecified atom stereocenters. The predicted molar refractivity (Wildman–Crippen MR) is 77.2 cm³/mol. The molecule has 1 aliphatic heterocycles. The summed E-state index contributed by atoms with van der Waals surface area (Å²) in [6.07, 6.45) is 0. The molecule has 1 heterocycles. The minimum atomic E-state index is -0.364. The van der Waals surface area contributed by atoms with Gasteiger partial charge in [-0.2, -0.15) is 0 Å². The van der Waals surface area contributed by atoms with Gasteiger partial charge in [0.15, 0.2) is 11.7 Å². The Kier molecular flexibility index (Phi) is 3.35. The highest BCUT2D eigenvalue weighted by atomic mass is 35.5. The van der Waals surface area contributed by atoms with Crippen LogP contribution < -0.4 is 10.9 Å². The van der Waals surface area contributed by atoms with Crippen molar-refractivity contribution in [3.05, 3.63) is 70.5 Å². The standard InChI is InChI=1S/C14H10ClFN4/c15-11-7-3-1-5-9(11)13-17-19-14(20-18-13)10-6-2-4-8-12(10)16/h1-8H,(H,17,18)(H,19,20). The molecule has 2 aromatic carbocycles. The van der Waals surface area contributed by atoms with Crippen molar-refractivity contribution in [1.82, 2.24) is 10.9 Å². The zero-order chi connectivity index (χ0) is 13.9. The second kappa shape index (κ2) is 5.30. The summed E-state index contributed by atoms with van der Waals surface area (Å²) in [6.45, 7) is 0. The lowest BCUT2D eigenvalue weighted by Crippen LogP contribution is -2.45. The van der Waals surface area contributed by atoms with E-state index in [1.54, 1.807) is 24.3 Å². The van der Waals surface area contributed by atoms with Gasteiger partial charge < -0.3 is 0 Å². The topological polar surface area (TPSA) is 48.8 Å². The first-order valence-electron chi connectivity index (χ1n) is 5.93. The van der Waals surface area contributed by atoms with E-state index in [1.165, 1.54) is 6.07 Å². The molecule has 20 heavy (non-hydrogen) atoms. The molecule has 0 bridgehead atoms. The molecule has 2 aromatic rings. The number of halogens is 2. The van der Waals surface area contributed by atoms with Gasteiger partial charge in [0.1, 0.15) is 5.82 Å². The number of rotatable bonds is 2. The SMILES string of the molecule is Fc1ccccc1C1=NN=C(c2ccccc2Cl)NN1. The Morgan fingerprint density at radius 2 is 1.35 bits per heavy atom. The van der Waals surface area contributed by atoms with Crippen LogP contribution in [0.4, 0.5) is 4.39 Å². The van der Waals surface area contributed by atoms with Crippen molar-refractivity contribution in [3.63, 3.8) is 0 Å². The lowest BCUT2D eigenvalue weighted by Gasteiger charge is -2.17. The molecular weight excluding hydrogens is 279 g/mol. The van der Waals surface area contributed by atoms with Crippen molar-refractivity contribution in [1.29, 1.82) is 0 Å². The third-order valence-electron chi connectivity index (χ3n) is 2.81. The van der Waals surface area contributed by atoms with E-state index < -0.39 is 0 Å². The molecule has 0 saturated carbocycles. The summed E-state index contributed by atoms with van der Waals surface area (Å²) in [4.78, 5) is 0. The second-order valence-corrected chi connectivity index (χ2v) is 4.51. The van der Waals surface area contributed by atoms with Crippen LogP contribution in [0.1, 0.15) is 11.1 Å². The zero-order valence-electron chi connectivity index (χ0n) is 10.3. The highest BCUT2D eigenvalue weighted by molar-refractivity contribution is 6.34. The predicted octanol–water partition coefficient (Wildman–Crippen LogP) is 2.70. The van der Waals surface area contributed by atoms with Crippen LogP contribution >= 0.6 is 11.6 Å². The number of nitrogens with zero attached hydrogens (tertiary/aromatic N) is 2. The van der Waals surface area contributed by atoms with Gasteiger partial charge in [0.05, 0.1) is 10.6 Å². The van der Waals surface area contributed by atoms with Gasteiger partial charge in [-0.3, -0.25) is 10.9 Å². The number of hydrogen-bond acceptors (Lipinski definition) is 4. The van der Waals surface area contributed by atoms with Gasteiger partial charge in [-0.05, 0) is 24.3 Å². The van der Waals surface area contributed by atoms with Gasteiger partial charge in [-0.15, -0.1) is 10.2 Å². The Labute approximate surface area is 120 Å². The third-order valence-corrected chi connectivity index (χ3v) is 3.14. The van der Waals surface area contributed by atoms with E-state index >= 15 is 0 Å². The van der Waals surface area contributed by atoms with E-state index in [0.717, 1.165) is 5.56 Å². The highest BCUT2D eigenvalue weighted by Crippen LogP contribution is 2.16. The average Bonchev–Trinajstić information content (AvgIpc) is 2.49. The lowest BCUT2D eigenvalue weighted by molar-refractivity contribution is 0.622. The third kappa shape index (κ3) is 2.35. The molecule has 3 rings (SSSR count). The molecule has 0 atom stereocenters. The van der Waals surface area contributed by atoms with Gasteiger partial charge in [0.25, 0.3) is 0 Å². The molecule has 0 aliphatic carbocycles. The van der Waals surface area contributed by atoms with Gasteiger partial charge in [0.2, 0.25) is 0 Å². The molecule has 1 aliphatic rings. The van der Waals surface area contributed by atoms with Crippen LogP contribution in [-0.4, -0.2) is 11.7 Å². The van der Waals surface area contributed by atoms with E-state index in [4.69, 9.17) is 11.6 Å². The number of hydrogen-bond donors (Lipinski definition) is 2. The Morgan fingerprint density at radius 3 is 1.95 bits per heavy atom. The Bertz CT molecular complexity index is 650. The summed E-state index contributed by atoms with van der Waals surface area (Å²) in [5.74, 6) is 0.437. The molecular formula is C14H10ClFN4. The van der Waals surface area contributed by atoms with Crippen molar-refractivity contribution >= 4 is 23.3 Å². The molecule has 2 N–H and O–H groups in total. The molecule has 0 radical (unpaired) electrons. The Balaban J connectivity index is 1.94. The van der Waals surface area contributed by atoms with E-state index in [2.05, 4.69) is 21.1 Å². The van der Waals surface area contributed by atoms with Crippen molar-refractivity contribution in [2.75, 3.05) is 0 Å². The molecule has 6 heteroatoms. The molecule has 0 saturated heterocycles. The maximum absolute atomic E-state index is 13.6. The molecule has 4 nitrogen and oxygen atoms in total. The van der Waals surface area contributed by atoms with Crippen LogP contribution in [-0.2, 0) is 0 Å². The number of nitrogens with one attached hydrogen (secondary N) is 2. The summed E-state index contributed by atoms with van der Waals surface area (Å²) >= 11 is 6.08. The second-order valence-electron chi connectivity index (χ2n) is 4.11. The quantitative estimate of drug-likeness (QED) is 0.893. The molecule has 0 spiro atoms. The van der Waals surface area contributed by atoms with E-state index in [1.807, 2.05) is 18.2 Å². The summed E-state index contributed by atoms with van der Waals surface area (Å²) in [7, 11) is 0. The van der Waals surface area contributed by atoms with Gasteiger partial charge in [-0.1, -0.05) is 35.9 Å². The minimum absolute atomic E-state index is 0.318. The largest absolute Gasteiger partial charge is 0.281 e. The summed E-state index contributed by atoms with van der Waals surface area (Å²) in [5.41, 5.74) is 6.76. The summed E-state index contributed by atoms with van der Waals surface area (Å²) in [5, 5.41) is 8.59. The van der Waals surface area contributed by atoms with E-state index in [9.17, 15) is 4.39 Å². The van der Waals surface area contributed by atoms with Crippen LogP contribution in [0, 0.1) is 5.82 Å². The number of amidine groups is 2. The summed E-state index contributed by atoms with van der Waals surface area (Å²) in [6, 6.07) is 13.6. The van der Waals surface area contributed by atoms with Crippen LogP contribution in [0.15, 0.2) is 58.7 Å². The molecule has 100 valence electrons. The van der Waals surface area contributed by atoms with E-state index in [-0.39, 0.29) is 5.82 Å². The Hall–Kier alpha value is -2.40. The zero-order valence-corrected chi connectivity index (χ0v) is 11.0. The van der Waals surface area contributed by atoms with Crippen molar-refractivity contribution < 1.29 is 4.39 Å². The van der Waals surface area contributed by atoms with Crippen molar-refractivity contribution in [2.24, 2.45) is 10.2 Å². The fraction of sp³-hybridized carbons (Fsp3) is 0. The maximum atomic E-state index is 13.6. The first kappa shape index (κ1) is 12.6. The first-order valence-corrected chi connectivity index (χ1v) is 6.31. The number of hydrazine groups is 1.